The van der Waals surface area contributed by atoms with Gasteiger partial charge in [0, 0.05) is 0 Å². The highest BCUT2D eigenvalue weighted by Gasteiger charge is 2.26. The van der Waals surface area contributed by atoms with Crippen molar-refractivity contribution in [2.24, 2.45) is 5.14 Å². The van der Waals surface area contributed by atoms with E-state index in [-0.39, 0.29) is 16.3 Å². The smallest absolute Gasteiger partial charge is 0.262 e. The van der Waals surface area contributed by atoms with Gasteiger partial charge in [0.2, 0.25) is 10.0 Å². The molecule has 8 heteroatoms. The molecule has 0 unspecified atom stereocenters. The summed E-state index contributed by atoms with van der Waals surface area (Å²) in [7, 11) is -8.06. The standard InChI is InChI=1S/C20H20N2O4S2/c1-16-7-5-10-18(13-16)22(15-17-8-3-2-4-9-17)28(25,26)20-12-6-11-19(14-20)27(21,23)24/h2-14H,15H2,1H3,(H2,21,23,24). The average molecular weight is 417 g/mol. The summed E-state index contributed by atoms with van der Waals surface area (Å²) in [5.41, 5.74) is 2.20. The Morgan fingerprint density at radius 1 is 0.786 bits per heavy atom. The second kappa shape index (κ2) is 7.75. The van der Waals surface area contributed by atoms with Crippen LogP contribution in [0.15, 0.2) is 88.7 Å². The summed E-state index contributed by atoms with van der Waals surface area (Å²) in [6.45, 7) is 1.98. The average Bonchev–Trinajstić information content (AvgIpc) is 2.66. The first-order valence-electron chi connectivity index (χ1n) is 8.44. The highest BCUT2D eigenvalue weighted by Crippen LogP contribution is 2.27. The van der Waals surface area contributed by atoms with Crippen LogP contribution in [-0.2, 0) is 26.6 Å². The van der Waals surface area contributed by atoms with Crippen LogP contribution < -0.4 is 9.44 Å². The highest BCUT2D eigenvalue weighted by atomic mass is 32.2. The van der Waals surface area contributed by atoms with E-state index in [0.29, 0.717) is 5.69 Å². The van der Waals surface area contributed by atoms with Crippen LogP contribution in [0.3, 0.4) is 0 Å². The molecule has 0 spiro atoms. The Balaban J connectivity index is 2.13. The van der Waals surface area contributed by atoms with Gasteiger partial charge in [-0.2, -0.15) is 0 Å². The van der Waals surface area contributed by atoms with Crippen molar-refractivity contribution in [1.82, 2.24) is 0 Å². The molecule has 0 aliphatic heterocycles. The van der Waals surface area contributed by atoms with E-state index in [9.17, 15) is 16.8 Å². The lowest BCUT2D eigenvalue weighted by Crippen LogP contribution is -2.30. The number of primary sulfonamides is 1. The minimum atomic E-state index is -4.04. The van der Waals surface area contributed by atoms with Crippen molar-refractivity contribution < 1.29 is 16.8 Å². The Kier molecular flexibility index (Phi) is 5.55. The lowest BCUT2D eigenvalue weighted by molar-refractivity contribution is 0.590. The number of rotatable bonds is 6. The SMILES string of the molecule is Cc1cccc(N(Cc2ccccc2)S(=O)(=O)c2cccc(S(N)(=O)=O)c2)c1. The van der Waals surface area contributed by atoms with Gasteiger partial charge in [-0.1, -0.05) is 48.5 Å². The van der Waals surface area contributed by atoms with E-state index in [1.165, 1.54) is 22.5 Å². The molecule has 3 aromatic carbocycles. The molecule has 146 valence electrons. The van der Waals surface area contributed by atoms with Crippen LogP contribution in [0.4, 0.5) is 5.69 Å². The fourth-order valence-electron chi connectivity index (χ4n) is 2.79. The lowest BCUT2D eigenvalue weighted by Gasteiger charge is -2.25. The molecule has 0 atom stereocenters. The molecule has 3 rings (SSSR count). The predicted molar refractivity (Wildman–Crippen MR) is 109 cm³/mol. The van der Waals surface area contributed by atoms with E-state index in [1.54, 1.807) is 18.2 Å². The maximum Gasteiger partial charge on any atom is 0.264 e. The summed E-state index contributed by atoms with van der Waals surface area (Å²) in [5.74, 6) is 0. The Morgan fingerprint density at radius 3 is 2.07 bits per heavy atom. The number of sulfonamides is 2. The van der Waals surface area contributed by atoms with Gasteiger partial charge in [-0.15, -0.1) is 0 Å². The summed E-state index contributed by atoms with van der Waals surface area (Å²) < 4.78 is 51.4. The molecule has 0 aliphatic rings. The maximum absolute atomic E-state index is 13.4. The molecule has 0 fully saturated rings. The van der Waals surface area contributed by atoms with Crippen molar-refractivity contribution in [2.75, 3.05) is 4.31 Å². The number of nitrogens with zero attached hydrogens (tertiary/aromatic N) is 1. The zero-order valence-corrected chi connectivity index (χ0v) is 16.8. The van der Waals surface area contributed by atoms with Gasteiger partial charge >= 0.3 is 0 Å². The third-order valence-electron chi connectivity index (χ3n) is 4.18. The molecular weight excluding hydrogens is 396 g/mol. The van der Waals surface area contributed by atoms with Crippen molar-refractivity contribution in [2.45, 2.75) is 23.3 Å². The fraction of sp³-hybridized carbons (Fsp3) is 0.100. The molecule has 2 N–H and O–H groups in total. The molecule has 0 aromatic heterocycles. The van der Waals surface area contributed by atoms with Gasteiger partial charge in [0.25, 0.3) is 10.0 Å². The van der Waals surface area contributed by atoms with E-state index in [2.05, 4.69) is 0 Å². The van der Waals surface area contributed by atoms with Gasteiger partial charge in [-0.25, -0.2) is 22.0 Å². The normalized spacial score (nSPS) is 11.9. The summed E-state index contributed by atoms with van der Waals surface area (Å²) in [5, 5.41) is 5.16. The topological polar surface area (TPSA) is 97.5 Å². The molecule has 0 heterocycles. The molecule has 0 saturated heterocycles. The minimum absolute atomic E-state index is 0.103. The Morgan fingerprint density at radius 2 is 1.43 bits per heavy atom. The van der Waals surface area contributed by atoms with Crippen molar-refractivity contribution in [3.8, 4) is 0 Å². The Hall–Kier alpha value is -2.68. The number of nitrogens with two attached hydrogens (primary N) is 1. The number of anilines is 1. The largest absolute Gasteiger partial charge is 0.264 e. The van der Waals surface area contributed by atoms with Crippen molar-refractivity contribution >= 4 is 25.7 Å². The van der Waals surface area contributed by atoms with Crippen LogP contribution in [-0.4, -0.2) is 16.8 Å². The van der Waals surface area contributed by atoms with Gasteiger partial charge < -0.3 is 0 Å². The Labute approximate surface area is 165 Å². The first kappa shape index (κ1) is 20.1. The number of benzene rings is 3. The molecule has 0 bridgehead atoms. The quantitative estimate of drug-likeness (QED) is 0.668. The minimum Gasteiger partial charge on any atom is -0.262 e. The summed E-state index contributed by atoms with van der Waals surface area (Å²) >= 11 is 0. The Bertz CT molecular complexity index is 1190. The van der Waals surface area contributed by atoms with Crippen LogP contribution >= 0.6 is 0 Å². The monoisotopic (exact) mass is 416 g/mol. The number of hydrogen-bond donors (Lipinski definition) is 1. The highest BCUT2D eigenvalue weighted by molar-refractivity contribution is 7.93. The third-order valence-corrected chi connectivity index (χ3v) is 6.86. The summed E-state index contributed by atoms with van der Waals surface area (Å²) in [4.78, 5) is -0.394. The molecular formula is C20H20N2O4S2. The molecule has 28 heavy (non-hydrogen) atoms. The van der Waals surface area contributed by atoms with Crippen LogP contribution in [0.25, 0.3) is 0 Å². The zero-order chi connectivity index (χ0) is 20.4. The second-order valence-electron chi connectivity index (χ2n) is 6.36. The fourth-order valence-corrected chi connectivity index (χ4v) is 4.91. The molecule has 3 aromatic rings. The van der Waals surface area contributed by atoms with E-state index in [0.717, 1.165) is 17.2 Å². The van der Waals surface area contributed by atoms with Crippen LogP contribution in [0.5, 0.6) is 0 Å². The van der Waals surface area contributed by atoms with Crippen molar-refractivity contribution in [1.29, 1.82) is 0 Å². The van der Waals surface area contributed by atoms with Crippen molar-refractivity contribution in [3.05, 3.63) is 90.0 Å². The molecule has 0 aliphatic carbocycles. The number of aryl methyl sites for hydroxylation is 1. The first-order chi connectivity index (χ1) is 13.2. The maximum atomic E-state index is 13.4. The summed E-state index contributed by atoms with van der Waals surface area (Å²) in [6, 6.07) is 21.4. The van der Waals surface area contributed by atoms with Gasteiger partial charge in [-0.3, -0.25) is 4.31 Å². The first-order valence-corrected chi connectivity index (χ1v) is 11.4. The van der Waals surface area contributed by atoms with Crippen LogP contribution in [0, 0.1) is 6.92 Å². The van der Waals surface area contributed by atoms with Gasteiger partial charge in [0.15, 0.2) is 0 Å². The predicted octanol–water partition coefficient (Wildman–Crippen LogP) is 3.04. The van der Waals surface area contributed by atoms with Gasteiger partial charge in [0.05, 0.1) is 22.0 Å². The van der Waals surface area contributed by atoms with Crippen LogP contribution in [0.1, 0.15) is 11.1 Å². The van der Waals surface area contributed by atoms with Gasteiger partial charge in [0.1, 0.15) is 0 Å². The van der Waals surface area contributed by atoms with Gasteiger partial charge in [-0.05, 0) is 48.4 Å². The van der Waals surface area contributed by atoms with E-state index < -0.39 is 20.0 Å². The van der Waals surface area contributed by atoms with E-state index in [1.807, 2.05) is 43.3 Å². The lowest BCUT2D eigenvalue weighted by atomic mass is 10.2. The van der Waals surface area contributed by atoms with E-state index in [4.69, 9.17) is 5.14 Å². The molecule has 0 radical (unpaired) electrons. The third kappa shape index (κ3) is 4.41. The molecule has 6 nitrogen and oxygen atoms in total. The summed E-state index contributed by atoms with van der Waals surface area (Å²) in [6.07, 6.45) is 0. The molecule has 0 amide bonds. The van der Waals surface area contributed by atoms with Crippen LogP contribution in [0.2, 0.25) is 0 Å². The number of hydrogen-bond acceptors (Lipinski definition) is 4. The zero-order valence-electron chi connectivity index (χ0n) is 15.2. The second-order valence-corrected chi connectivity index (χ2v) is 9.78. The molecule has 0 saturated carbocycles. The van der Waals surface area contributed by atoms with E-state index >= 15 is 0 Å². The van der Waals surface area contributed by atoms with Crippen molar-refractivity contribution in [3.63, 3.8) is 0 Å².